The number of anilines is 3. The second-order valence-electron chi connectivity index (χ2n) is 8.77. The topological polar surface area (TPSA) is 86.4 Å². The van der Waals surface area contributed by atoms with E-state index >= 15 is 0 Å². The van der Waals surface area contributed by atoms with Gasteiger partial charge in [-0.2, -0.15) is 0 Å². The quantitative estimate of drug-likeness (QED) is 0.495. The van der Waals surface area contributed by atoms with E-state index in [2.05, 4.69) is 31.4 Å². The Bertz CT molecular complexity index is 1040. The van der Waals surface area contributed by atoms with E-state index in [1.807, 2.05) is 30.3 Å². The van der Waals surface area contributed by atoms with E-state index in [1.54, 1.807) is 13.2 Å². The zero-order chi connectivity index (χ0) is 25.3. The van der Waals surface area contributed by atoms with Crippen molar-refractivity contribution < 1.29 is 19.1 Å². The number of morpholine rings is 1. The van der Waals surface area contributed by atoms with Crippen molar-refractivity contribution in [2.75, 3.05) is 93.7 Å². The van der Waals surface area contributed by atoms with Crippen LogP contribution in [-0.4, -0.2) is 95.3 Å². The van der Waals surface area contributed by atoms with Crippen molar-refractivity contribution in [1.29, 1.82) is 0 Å². The van der Waals surface area contributed by atoms with Crippen LogP contribution >= 0.6 is 11.6 Å². The lowest BCUT2D eigenvalue weighted by atomic mass is 10.1. The molecule has 2 fully saturated rings. The van der Waals surface area contributed by atoms with Gasteiger partial charge in [0.1, 0.15) is 11.6 Å². The Kier molecular flexibility index (Phi) is 9.27. The molecule has 2 aliphatic rings. The average Bonchev–Trinajstić information content (AvgIpc) is 2.93. The summed E-state index contributed by atoms with van der Waals surface area (Å²) in [5, 5.41) is 5.81. The normalized spacial score (nSPS) is 16.5. The molecular formula is C26H34ClN5O4. The molecule has 2 N–H and O–H groups in total. The van der Waals surface area contributed by atoms with E-state index in [-0.39, 0.29) is 17.7 Å². The largest absolute Gasteiger partial charge is 0.495 e. The van der Waals surface area contributed by atoms with Crippen LogP contribution < -0.4 is 25.2 Å². The number of benzene rings is 2. The van der Waals surface area contributed by atoms with E-state index in [0.29, 0.717) is 17.8 Å². The molecule has 0 atom stereocenters. The van der Waals surface area contributed by atoms with E-state index < -0.39 is 0 Å². The Labute approximate surface area is 217 Å². The van der Waals surface area contributed by atoms with Crippen molar-refractivity contribution in [3.05, 3.63) is 48.0 Å². The summed E-state index contributed by atoms with van der Waals surface area (Å²) in [6.07, 6.45) is 0. The first-order valence-corrected chi connectivity index (χ1v) is 12.8. The molecule has 0 radical (unpaired) electrons. The maximum atomic E-state index is 13.3. The van der Waals surface area contributed by atoms with Gasteiger partial charge in [0.05, 0.1) is 31.6 Å². The molecule has 0 spiro atoms. The molecule has 0 unspecified atom stereocenters. The lowest BCUT2D eigenvalue weighted by molar-refractivity contribution is -0.113. The number of methoxy groups -OCH3 is 1. The fourth-order valence-corrected chi connectivity index (χ4v) is 4.66. The minimum absolute atomic E-state index is 0.145. The summed E-state index contributed by atoms with van der Waals surface area (Å²) < 4.78 is 10.9. The molecule has 9 nitrogen and oxygen atoms in total. The van der Waals surface area contributed by atoms with Crippen molar-refractivity contribution in [3.63, 3.8) is 0 Å². The first-order chi connectivity index (χ1) is 17.6. The van der Waals surface area contributed by atoms with Gasteiger partial charge in [-0.25, -0.2) is 0 Å². The number of nitrogens with zero attached hydrogens (tertiary/aromatic N) is 3. The van der Waals surface area contributed by atoms with Gasteiger partial charge in [0, 0.05) is 63.7 Å². The van der Waals surface area contributed by atoms with Crippen LogP contribution in [-0.2, 0) is 9.53 Å². The number of para-hydroxylation sites is 2. The smallest absolute Gasteiger partial charge is 0.253 e. The van der Waals surface area contributed by atoms with Gasteiger partial charge in [-0.05, 0) is 30.3 Å². The standard InChI is InChI=1S/C26H34ClN5O4/c1-35-24-5-3-2-4-23(24)32-12-10-31(11-13-32)22-7-6-20(29-25(33)19-27)18-21(22)26(34)28-8-9-30-14-16-36-17-15-30/h2-7,18H,8-17,19H2,1H3,(H,28,34)(H,29,33). The van der Waals surface area contributed by atoms with Gasteiger partial charge in [-0.1, -0.05) is 12.1 Å². The number of nitrogens with one attached hydrogen (secondary N) is 2. The summed E-state index contributed by atoms with van der Waals surface area (Å²) in [6.45, 7) is 7.59. The minimum Gasteiger partial charge on any atom is -0.495 e. The molecule has 2 amide bonds. The number of rotatable bonds is 9. The summed E-state index contributed by atoms with van der Waals surface area (Å²) in [6, 6.07) is 13.5. The summed E-state index contributed by atoms with van der Waals surface area (Å²) >= 11 is 5.66. The first-order valence-electron chi connectivity index (χ1n) is 12.3. The SMILES string of the molecule is COc1ccccc1N1CCN(c2ccc(NC(=O)CCl)cc2C(=O)NCCN2CCOCC2)CC1. The predicted octanol–water partition coefficient (Wildman–Crippen LogP) is 2.26. The molecule has 2 aromatic rings. The third-order valence-electron chi connectivity index (χ3n) is 6.51. The van der Waals surface area contributed by atoms with Gasteiger partial charge in [0.2, 0.25) is 5.91 Å². The highest BCUT2D eigenvalue weighted by Crippen LogP contribution is 2.31. The summed E-state index contributed by atoms with van der Waals surface area (Å²) in [5.41, 5.74) is 3.01. The van der Waals surface area contributed by atoms with Crippen LogP contribution in [0.1, 0.15) is 10.4 Å². The molecular weight excluding hydrogens is 482 g/mol. The van der Waals surface area contributed by atoms with Crippen LogP contribution in [0.25, 0.3) is 0 Å². The number of hydrogen-bond acceptors (Lipinski definition) is 7. The summed E-state index contributed by atoms with van der Waals surface area (Å²) in [4.78, 5) is 31.9. The third kappa shape index (κ3) is 6.60. The Hall–Kier alpha value is -3.01. The second kappa shape index (κ2) is 12.8. The van der Waals surface area contributed by atoms with Crippen molar-refractivity contribution in [2.45, 2.75) is 0 Å². The van der Waals surface area contributed by atoms with Crippen molar-refractivity contribution >= 4 is 40.5 Å². The predicted molar refractivity (Wildman–Crippen MR) is 143 cm³/mol. The van der Waals surface area contributed by atoms with Crippen LogP contribution in [0, 0.1) is 0 Å². The number of piperazine rings is 1. The number of amides is 2. The number of halogens is 1. The van der Waals surface area contributed by atoms with Crippen LogP contribution in [0.4, 0.5) is 17.1 Å². The number of alkyl halides is 1. The fourth-order valence-electron chi connectivity index (χ4n) is 4.59. The molecule has 0 aliphatic carbocycles. The molecule has 0 saturated carbocycles. The zero-order valence-electron chi connectivity index (χ0n) is 20.7. The summed E-state index contributed by atoms with van der Waals surface area (Å²) in [5.74, 6) is 0.236. The fraction of sp³-hybridized carbons (Fsp3) is 0.462. The maximum absolute atomic E-state index is 13.3. The molecule has 0 bridgehead atoms. The molecule has 2 aliphatic heterocycles. The lowest BCUT2D eigenvalue weighted by Gasteiger charge is -2.38. The van der Waals surface area contributed by atoms with Crippen LogP contribution in [0.15, 0.2) is 42.5 Å². The number of ether oxygens (including phenoxy) is 2. The number of carbonyl (C=O) groups excluding carboxylic acids is 2. The molecule has 0 aromatic heterocycles. The lowest BCUT2D eigenvalue weighted by Crippen LogP contribution is -2.47. The van der Waals surface area contributed by atoms with Crippen LogP contribution in [0.3, 0.4) is 0 Å². The van der Waals surface area contributed by atoms with Gasteiger partial charge in [0.15, 0.2) is 0 Å². The number of hydrogen-bond donors (Lipinski definition) is 2. The van der Waals surface area contributed by atoms with Gasteiger partial charge < -0.3 is 29.9 Å². The molecule has 4 rings (SSSR count). The van der Waals surface area contributed by atoms with Crippen molar-refractivity contribution in [2.24, 2.45) is 0 Å². The van der Waals surface area contributed by atoms with Crippen LogP contribution in [0.5, 0.6) is 5.75 Å². The molecule has 36 heavy (non-hydrogen) atoms. The van der Waals surface area contributed by atoms with E-state index in [4.69, 9.17) is 21.1 Å². The average molecular weight is 516 g/mol. The van der Waals surface area contributed by atoms with Gasteiger partial charge in [0.25, 0.3) is 5.91 Å². The second-order valence-corrected chi connectivity index (χ2v) is 9.04. The Morgan fingerprint density at radius 3 is 2.36 bits per heavy atom. The van der Waals surface area contributed by atoms with Gasteiger partial charge in [-0.15, -0.1) is 11.6 Å². The molecule has 10 heteroatoms. The van der Waals surface area contributed by atoms with Gasteiger partial charge in [-0.3, -0.25) is 14.5 Å². The monoisotopic (exact) mass is 515 g/mol. The highest BCUT2D eigenvalue weighted by molar-refractivity contribution is 6.29. The number of carbonyl (C=O) groups is 2. The van der Waals surface area contributed by atoms with Gasteiger partial charge >= 0.3 is 0 Å². The highest BCUT2D eigenvalue weighted by Gasteiger charge is 2.24. The minimum atomic E-state index is -0.312. The van der Waals surface area contributed by atoms with E-state index in [9.17, 15) is 9.59 Å². The van der Waals surface area contributed by atoms with Crippen molar-refractivity contribution in [3.8, 4) is 5.75 Å². The Morgan fingerprint density at radius 1 is 0.972 bits per heavy atom. The molecule has 2 aromatic carbocycles. The first kappa shape index (κ1) is 26.1. The molecule has 194 valence electrons. The molecule has 2 saturated heterocycles. The van der Waals surface area contributed by atoms with Crippen molar-refractivity contribution in [1.82, 2.24) is 10.2 Å². The summed E-state index contributed by atoms with van der Waals surface area (Å²) in [7, 11) is 1.68. The Balaban J connectivity index is 1.46. The van der Waals surface area contributed by atoms with E-state index in [1.165, 1.54) is 0 Å². The maximum Gasteiger partial charge on any atom is 0.253 e. The van der Waals surface area contributed by atoms with E-state index in [0.717, 1.165) is 76.2 Å². The molecule has 2 heterocycles. The zero-order valence-corrected chi connectivity index (χ0v) is 21.4. The van der Waals surface area contributed by atoms with Crippen LogP contribution in [0.2, 0.25) is 0 Å². The highest BCUT2D eigenvalue weighted by atomic mass is 35.5. The third-order valence-corrected chi connectivity index (χ3v) is 6.75. The Morgan fingerprint density at radius 2 is 1.67 bits per heavy atom.